The largest absolute Gasteiger partial charge is 0.304 e. The van der Waals surface area contributed by atoms with E-state index in [4.69, 9.17) is 0 Å². The van der Waals surface area contributed by atoms with Gasteiger partial charge in [-0.25, -0.2) is 0 Å². The Kier molecular flexibility index (Phi) is 5.35. The zero-order valence-corrected chi connectivity index (χ0v) is 13.3. The van der Waals surface area contributed by atoms with Crippen LogP contribution in [0.3, 0.4) is 0 Å². The lowest BCUT2D eigenvalue weighted by Gasteiger charge is -2.39. The van der Waals surface area contributed by atoms with Gasteiger partial charge in [0.2, 0.25) is 0 Å². The molecular formula is C17H26N4. The Morgan fingerprint density at radius 3 is 2.62 bits per heavy atom. The average molecular weight is 286 g/mol. The van der Waals surface area contributed by atoms with Crippen molar-refractivity contribution < 1.29 is 0 Å². The lowest BCUT2D eigenvalue weighted by atomic mass is 9.87. The van der Waals surface area contributed by atoms with E-state index in [2.05, 4.69) is 35.2 Å². The highest BCUT2D eigenvalue weighted by atomic mass is 15.3. The molecule has 0 bridgehead atoms. The fourth-order valence-electron chi connectivity index (χ4n) is 3.13. The monoisotopic (exact) mass is 286 g/mol. The van der Waals surface area contributed by atoms with Crippen LogP contribution < -0.4 is 5.32 Å². The molecule has 0 amide bonds. The summed E-state index contributed by atoms with van der Waals surface area (Å²) in [6.07, 6.45) is 0.804. The topological polar surface area (TPSA) is 42.3 Å². The predicted octanol–water partition coefficient (Wildman–Crippen LogP) is 1.65. The van der Waals surface area contributed by atoms with Gasteiger partial charge in [-0.15, -0.1) is 0 Å². The number of rotatable bonds is 5. The van der Waals surface area contributed by atoms with Crippen LogP contribution in [0.15, 0.2) is 30.3 Å². The van der Waals surface area contributed by atoms with Crippen LogP contribution in [-0.2, 0) is 5.54 Å². The summed E-state index contributed by atoms with van der Waals surface area (Å²) < 4.78 is 0. The van der Waals surface area contributed by atoms with Gasteiger partial charge in [0.15, 0.2) is 0 Å². The third kappa shape index (κ3) is 3.62. The van der Waals surface area contributed by atoms with Crippen molar-refractivity contribution in [2.24, 2.45) is 0 Å². The van der Waals surface area contributed by atoms with Crippen LogP contribution in [0.2, 0.25) is 0 Å². The summed E-state index contributed by atoms with van der Waals surface area (Å²) in [6, 6.07) is 13.1. The Bertz CT molecular complexity index is 481. The predicted molar refractivity (Wildman–Crippen MR) is 85.9 cm³/mol. The van der Waals surface area contributed by atoms with Crippen LogP contribution in [0.5, 0.6) is 0 Å². The first-order valence-electron chi connectivity index (χ1n) is 7.69. The zero-order chi connectivity index (χ0) is 15.3. The van der Waals surface area contributed by atoms with Crippen LogP contribution >= 0.6 is 0 Å². The molecule has 1 aliphatic rings. The fourth-order valence-corrected chi connectivity index (χ4v) is 3.13. The van der Waals surface area contributed by atoms with Crippen molar-refractivity contribution in [3.63, 3.8) is 0 Å². The van der Waals surface area contributed by atoms with Crippen molar-refractivity contribution in [3.8, 4) is 6.07 Å². The van der Waals surface area contributed by atoms with E-state index in [9.17, 15) is 5.26 Å². The van der Waals surface area contributed by atoms with E-state index in [-0.39, 0.29) is 0 Å². The number of nitrogens with zero attached hydrogens (tertiary/aromatic N) is 3. The molecule has 0 spiro atoms. The second kappa shape index (κ2) is 7.04. The van der Waals surface area contributed by atoms with Crippen molar-refractivity contribution in [1.82, 2.24) is 15.1 Å². The number of hydrogen-bond donors (Lipinski definition) is 1. The lowest BCUT2D eigenvalue weighted by molar-refractivity contribution is 0.0930. The minimum Gasteiger partial charge on any atom is -0.304 e. The van der Waals surface area contributed by atoms with Gasteiger partial charge in [-0.2, -0.15) is 5.26 Å². The second-order valence-electron chi connectivity index (χ2n) is 6.03. The summed E-state index contributed by atoms with van der Waals surface area (Å²) >= 11 is 0. The Morgan fingerprint density at radius 1 is 1.33 bits per heavy atom. The number of nitrogens with one attached hydrogen (secondary N) is 1. The maximum Gasteiger partial charge on any atom is 0.133 e. The summed E-state index contributed by atoms with van der Waals surface area (Å²) in [6.45, 7) is 6.50. The number of likely N-dealkylation sites (N-methyl/N-ethyl adjacent to an activating group) is 1. The Labute approximate surface area is 128 Å². The lowest BCUT2D eigenvalue weighted by Crippen LogP contribution is -2.52. The first-order chi connectivity index (χ1) is 10.1. The number of piperazine rings is 1. The van der Waals surface area contributed by atoms with Crippen molar-refractivity contribution >= 4 is 0 Å². The number of nitriles is 1. The molecule has 4 heteroatoms. The van der Waals surface area contributed by atoms with E-state index < -0.39 is 5.54 Å². The van der Waals surface area contributed by atoms with Crippen LogP contribution in [-0.4, -0.2) is 56.1 Å². The van der Waals surface area contributed by atoms with Gasteiger partial charge in [0, 0.05) is 32.2 Å². The molecule has 114 valence electrons. The molecule has 2 rings (SSSR count). The maximum absolute atomic E-state index is 9.73. The standard InChI is InChI=1S/C17H26N4/c1-15-13-20(3)11-12-21(15)10-9-17(14-18,19-2)16-7-5-4-6-8-16/h4-8,15,19H,9-13H2,1-3H3. The van der Waals surface area contributed by atoms with E-state index in [1.54, 1.807) is 0 Å². The Morgan fingerprint density at radius 2 is 2.05 bits per heavy atom. The summed E-state index contributed by atoms with van der Waals surface area (Å²) in [7, 11) is 4.05. The van der Waals surface area contributed by atoms with E-state index >= 15 is 0 Å². The molecule has 2 unspecified atom stereocenters. The SMILES string of the molecule is CNC(C#N)(CCN1CCN(C)CC1C)c1ccccc1. The van der Waals surface area contributed by atoms with E-state index in [1.165, 1.54) is 0 Å². The first-order valence-corrected chi connectivity index (χ1v) is 7.69. The quantitative estimate of drug-likeness (QED) is 0.894. The second-order valence-corrected chi connectivity index (χ2v) is 6.03. The highest BCUT2D eigenvalue weighted by Crippen LogP contribution is 2.25. The molecule has 4 nitrogen and oxygen atoms in total. The first kappa shape index (κ1) is 16.0. The average Bonchev–Trinajstić information content (AvgIpc) is 2.51. The summed E-state index contributed by atoms with van der Waals surface area (Å²) in [4.78, 5) is 4.86. The third-order valence-electron chi connectivity index (χ3n) is 4.63. The van der Waals surface area contributed by atoms with Crippen LogP contribution in [0.4, 0.5) is 0 Å². The summed E-state index contributed by atoms with van der Waals surface area (Å²) in [5, 5.41) is 13.0. The number of hydrogen-bond acceptors (Lipinski definition) is 4. The molecule has 1 N–H and O–H groups in total. The van der Waals surface area contributed by atoms with Crippen molar-refractivity contribution in [1.29, 1.82) is 5.26 Å². The van der Waals surface area contributed by atoms with Gasteiger partial charge in [-0.05, 0) is 33.0 Å². The summed E-state index contributed by atoms with van der Waals surface area (Å²) in [5.74, 6) is 0. The van der Waals surface area contributed by atoms with E-state index in [0.29, 0.717) is 6.04 Å². The molecule has 2 atom stereocenters. The van der Waals surface area contributed by atoms with Gasteiger partial charge >= 0.3 is 0 Å². The highest BCUT2D eigenvalue weighted by molar-refractivity contribution is 5.31. The minimum atomic E-state index is -0.593. The zero-order valence-electron chi connectivity index (χ0n) is 13.3. The Hall–Kier alpha value is -1.41. The van der Waals surface area contributed by atoms with Gasteiger partial charge in [-0.1, -0.05) is 30.3 Å². The van der Waals surface area contributed by atoms with Gasteiger partial charge in [-0.3, -0.25) is 10.2 Å². The minimum absolute atomic E-state index is 0.549. The van der Waals surface area contributed by atoms with Gasteiger partial charge < -0.3 is 4.90 Å². The molecule has 0 aliphatic carbocycles. The van der Waals surface area contributed by atoms with Crippen LogP contribution in [0, 0.1) is 11.3 Å². The molecule has 1 heterocycles. The maximum atomic E-state index is 9.73. The van der Waals surface area contributed by atoms with E-state index in [0.717, 1.165) is 38.2 Å². The Balaban J connectivity index is 2.06. The highest BCUT2D eigenvalue weighted by Gasteiger charge is 2.32. The molecule has 0 aromatic heterocycles. The normalized spacial score (nSPS) is 23.4. The van der Waals surface area contributed by atoms with Crippen LogP contribution in [0.1, 0.15) is 18.9 Å². The van der Waals surface area contributed by atoms with Gasteiger partial charge in [0.1, 0.15) is 5.54 Å². The molecule has 1 aliphatic heterocycles. The van der Waals surface area contributed by atoms with E-state index in [1.807, 2.05) is 37.4 Å². The number of benzene rings is 1. The summed E-state index contributed by atoms with van der Waals surface area (Å²) in [5.41, 5.74) is 0.460. The molecule has 0 saturated carbocycles. The fraction of sp³-hybridized carbons (Fsp3) is 0.588. The molecule has 1 aromatic carbocycles. The smallest absolute Gasteiger partial charge is 0.133 e. The molecule has 1 fully saturated rings. The van der Waals surface area contributed by atoms with Gasteiger partial charge in [0.05, 0.1) is 6.07 Å². The molecular weight excluding hydrogens is 260 g/mol. The van der Waals surface area contributed by atoms with Crippen molar-refractivity contribution in [3.05, 3.63) is 35.9 Å². The van der Waals surface area contributed by atoms with Crippen LogP contribution in [0.25, 0.3) is 0 Å². The molecule has 1 aromatic rings. The third-order valence-corrected chi connectivity index (χ3v) is 4.63. The molecule has 21 heavy (non-hydrogen) atoms. The molecule has 0 radical (unpaired) electrons. The van der Waals surface area contributed by atoms with Crippen molar-refractivity contribution in [2.45, 2.75) is 24.9 Å². The van der Waals surface area contributed by atoms with Gasteiger partial charge in [0.25, 0.3) is 0 Å². The van der Waals surface area contributed by atoms with Crippen molar-refractivity contribution in [2.75, 3.05) is 40.3 Å². The molecule has 1 saturated heterocycles.